The predicted molar refractivity (Wildman–Crippen MR) is 108 cm³/mol. The van der Waals surface area contributed by atoms with Gasteiger partial charge in [-0.25, -0.2) is 0 Å². The first-order valence-corrected chi connectivity index (χ1v) is 10.4. The van der Waals surface area contributed by atoms with Gasteiger partial charge in [0.2, 0.25) is 0 Å². The summed E-state index contributed by atoms with van der Waals surface area (Å²) >= 11 is 0. The lowest BCUT2D eigenvalue weighted by Gasteiger charge is -2.35. The molecule has 3 aromatic rings. The zero-order chi connectivity index (χ0) is 18.2. The van der Waals surface area contributed by atoms with Crippen molar-refractivity contribution in [1.82, 2.24) is 19.7 Å². The number of nitrogens with zero attached hydrogens (tertiary/aromatic N) is 5. The molecule has 0 radical (unpaired) electrons. The van der Waals surface area contributed by atoms with E-state index in [1.54, 1.807) is 0 Å². The Morgan fingerprint density at radius 2 is 2.04 bits per heavy atom. The number of aryl methyl sites for hydroxylation is 2. The van der Waals surface area contributed by atoms with Gasteiger partial charge in [0.1, 0.15) is 11.6 Å². The summed E-state index contributed by atoms with van der Waals surface area (Å²) in [5, 5.41) is 10.3. The van der Waals surface area contributed by atoms with E-state index < -0.39 is 0 Å². The number of benzene rings is 1. The van der Waals surface area contributed by atoms with Crippen molar-refractivity contribution in [2.24, 2.45) is 0 Å². The molecule has 0 spiro atoms. The average Bonchev–Trinajstić information content (AvgIpc) is 3.31. The van der Waals surface area contributed by atoms with E-state index in [0.717, 1.165) is 44.4 Å². The number of hydrogen-bond acceptors (Lipinski definition) is 4. The molecule has 0 aliphatic carbocycles. The van der Waals surface area contributed by atoms with Gasteiger partial charge in [-0.05, 0) is 37.8 Å². The van der Waals surface area contributed by atoms with Crippen molar-refractivity contribution in [3.05, 3.63) is 47.7 Å². The van der Waals surface area contributed by atoms with Crippen molar-refractivity contribution in [2.75, 3.05) is 18.0 Å². The SMILES string of the molecule is CCCc1cc(N2CCCC(c3nnc4n3CCC4)C2)c2ccccc2n1. The summed E-state index contributed by atoms with van der Waals surface area (Å²) in [7, 11) is 0. The normalized spacial score (nSPS) is 19.6. The highest BCUT2D eigenvalue weighted by atomic mass is 15.3. The highest BCUT2D eigenvalue weighted by Crippen LogP contribution is 2.34. The van der Waals surface area contributed by atoms with E-state index in [2.05, 4.69) is 56.9 Å². The molecule has 1 aromatic carbocycles. The molecule has 0 N–H and O–H groups in total. The number of fused-ring (bicyclic) bond motifs is 2. The third-order valence-corrected chi connectivity index (χ3v) is 6.02. The fraction of sp³-hybridized carbons (Fsp3) is 0.500. The molecule has 1 atom stereocenters. The summed E-state index contributed by atoms with van der Waals surface area (Å²) in [5.41, 5.74) is 3.66. The van der Waals surface area contributed by atoms with E-state index in [4.69, 9.17) is 4.98 Å². The van der Waals surface area contributed by atoms with Crippen LogP contribution in [-0.4, -0.2) is 32.8 Å². The molecule has 27 heavy (non-hydrogen) atoms. The fourth-order valence-corrected chi connectivity index (χ4v) is 4.74. The summed E-state index contributed by atoms with van der Waals surface area (Å²) < 4.78 is 2.38. The lowest BCUT2D eigenvalue weighted by molar-refractivity contribution is 0.473. The highest BCUT2D eigenvalue weighted by Gasteiger charge is 2.29. The van der Waals surface area contributed by atoms with E-state index in [1.807, 2.05) is 0 Å². The minimum absolute atomic E-state index is 0.472. The fourth-order valence-electron chi connectivity index (χ4n) is 4.74. The second-order valence-corrected chi connectivity index (χ2v) is 7.91. The Kier molecular flexibility index (Phi) is 4.30. The van der Waals surface area contributed by atoms with E-state index in [-0.39, 0.29) is 0 Å². The maximum atomic E-state index is 4.88. The third-order valence-electron chi connectivity index (χ3n) is 6.02. The summed E-state index contributed by atoms with van der Waals surface area (Å²) in [5.74, 6) is 2.86. The van der Waals surface area contributed by atoms with Gasteiger partial charge < -0.3 is 9.47 Å². The Morgan fingerprint density at radius 1 is 1.11 bits per heavy atom. The first-order chi connectivity index (χ1) is 13.3. The van der Waals surface area contributed by atoms with E-state index >= 15 is 0 Å². The molecule has 0 saturated carbocycles. The predicted octanol–water partition coefficient (Wildman–Crippen LogP) is 4.11. The van der Waals surface area contributed by atoms with E-state index in [1.165, 1.54) is 47.7 Å². The van der Waals surface area contributed by atoms with Crippen molar-refractivity contribution < 1.29 is 0 Å². The van der Waals surface area contributed by atoms with Gasteiger partial charge in [0, 0.05) is 48.7 Å². The Hall–Kier alpha value is -2.43. The van der Waals surface area contributed by atoms with E-state index in [0.29, 0.717) is 5.92 Å². The molecule has 0 amide bonds. The minimum Gasteiger partial charge on any atom is -0.370 e. The van der Waals surface area contributed by atoms with Gasteiger partial charge in [0.05, 0.1) is 5.52 Å². The Labute approximate surface area is 160 Å². The van der Waals surface area contributed by atoms with Crippen molar-refractivity contribution in [2.45, 2.75) is 57.9 Å². The second-order valence-electron chi connectivity index (χ2n) is 7.91. The van der Waals surface area contributed by atoms with Crippen LogP contribution in [0.4, 0.5) is 5.69 Å². The molecule has 140 valence electrons. The first kappa shape index (κ1) is 16.7. The molecule has 2 aromatic heterocycles. The lowest BCUT2D eigenvalue weighted by atomic mass is 9.96. The van der Waals surface area contributed by atoms with Crippen LogP contribution in [0.25, 0.3) is 10.9 Å². The summed E-state index contributed by atoms with van der Waals surface area (Å²) in [6.07, 6.45) is 6.86. The number of pyridine rings is 1. The molecule has 0 bridgehead atoms. The smallest absolute Gasteiger partial charge is 0.137 e. The molecule has 5 nitrogen and oxygen atoms in total. The van der Waals surface area contributed by atoms with Crippen molar-refractivity contribution in [3.8, 4) is 0 Å². The van der Waals surface area contributed by atoms with Crippen LogP contribution in [-0.2, 0) is 19.4 Å². The van der Waals surface area contributed by atoms with Crippen LogP contribution in [0.1, 0.15) is 55.9 Å². The van der Waals surface area contributed by atoms with Gasteiger partial charge in [0.25, 0.3) is 0 Å². The van der Waals surface area contributed by atoms with Crippen molar-refractivity contribution in [3.63, 3.8) is 0 Å². The quantitative estimate of drug-likeness (QED) is 0.702. The van der Waals surface area contributed by atoms with Crippen molar-refractivity contribution >= 4 is 16.6 Å². The number of para-hydroxylation sites is 1. The van der Waals surface area contributed by atoms with Gasteiger partial charge in [-0.1, -0.05) is 31.5 Å². The van der Waals surface area contributed by atoms with Crippen LogP contribution in [0.3, 0.4) is 0 Å². The number of anilines is 1. The summed E-state index contributed by atoms with van der Waals surface area (Å²) in [6, 6.07) is 10.9. The average molecular weight is 361 g/mol. The number of hydrogen-bond donors (Lipinski definition) is 0. The van der Waals surface area contributed by atoms with Crippen LogP contribution in [0.2, 0.25) is 0 Å². The van der Waals surface area contributed by atoms with Crippen LogP contribution in [0, 0.1) is 0 Å². The highest BCUT2D eigenvalue weighted by molar-refractivity contribution is 5.92. The summed E-state index contributed by atoms with van der Waals surface area (Å²) in [6.45, 7) is 5.45. The van der Waals surface area contributed by atoms with Crippen LogP contribution < -0.4 is 4.90 Å². The van der Waals surface area contributed by atoms with Gasteiger partial charge in [-0.15, -0.1) is 10.2 Å². The topological polar surface area (TPSA) is 46.8 Å². The molecule has 1 fully saturated rings. The largest absolute Gasteiger partial charge is 0.370 e. The molecular formula is C22H27N5. The third kappa shape index (κ3) is 2.99. The number of rotatable bonds is 4. The summed E-state index contributed by atoms with van der Waals surface area (Å²) in [4.78, 5) is 7.45. The minimum atomic E-state index is 0.472. The van der Waals surface area contributed by atoms with Gasteiger partial charge in [-0.2, -0.15) is 0 Å². The maximum Gasteiger partial charge on any atom is 0.137 e. The maximum absolute atomic E-state index is 4.88. The number of piperidine rings is 1. The Balaban J connectivity index is 1.50. The number of aromatic nitrogens is 4. The van der Waals surface area contributed by atoms with Crippen LogP contribution in [0.5, 0.6) is 0 Å². The lowest BCUT2D eigenvalue weighted by Crippen LogP contribution is -2.35. The van der Waals surface area contributed by atoms with E-state index in [9.17, 15) is 0 Å². The van der Waals surface area contributed by atoms with Gasteiger partial charge in [-0.3, -0.25) is 4.98 Å². The molecular weight excluding hydrogens is 334 g/mol. The molecule has 4 heterocycles. The molecule has 5 rings (SSSR count). The van der Waals surface area contributed by atoms with Crippen LogP contribution >= 0.6 is 0 Å². The first-order valence-electron chi connectivity index (χ1n) is 10.4. The zero-order valence-corrected chi connectivity index (χ0v) is 16.1. The van der Waals surface area contributed by atoms with Gasteiger partial charge in [0.15, 0.2) is 0 Å². The standard InChI is InChI=1S/C22H27N5/c1-2-7-17-14-20(18-9-3-4-10-19(18)23-17)26-12-5-8-16(15-26)22-25-24-21-11-6-13-27(21)22/h3-4,9-10,14,16H,2,5-8,11-13,15H2,1H3. The van der Waals surface area contributed by atoms with Gasteiger partial charge >= 0.3 is 0 Å². The molecule has 5 heteroatoms. The molecule has 2 aliphatic heterocycles. The van der Waals surface area contributed by atoms with Crippen molar-refractivity contribution in [1.29, 1.82) is 0 Å². The Bertz CT molecular complexity index is 960. The Morgan fingerprint density at radius 3 is 2.96 bits per heavy atom. The molecule has 1 saturated heterocycles. The molecule has 2 aliphatic rings. The molecule has 1 unspecified atom stereocenters. The second kappa shape index (κ2) is 6.95. The van der Waals surface area contributed by atoms with Crippen LogP contribution in [0.15, 0.2) is 30.3 Å². The monoisotopic (exact) mass is 361 g/mol. The zero-order valence-electron chi connectivity index (χ0n) is 16.1.